The fraction of sp³-hybridized carbons (Fsp3) is 0.357. The maximum Gasteiger partial charge on any atom is 0.573 e. The molecule has 0 bridgehead atoms. The lowest BCUT2D eigenvalue weighted by Gasteiger charge is -2.33. The molecule has 1 aromatic carbocycles. The first-order valence-electron chi connectivity index (χ1n) is 7.26. The predicted molar refractivity (Wildman–Crippen MR) is 86.2 cm³/mol. The molecule has 1 fully saturated rings. The highest BCUT2D eigenvalue weighted by molar-refractivity contribution is 7.89. The number of piperazine rings is 1. The molecular formula is C14H14F3N3O3S2. The van der Waals surface area contributed by atoms with Crippen molar-refractivity contribution in [2.45, 2.75) is 11.3 Å². The standard InChI is InChI=1S/C14H14F3N3O3S2/c15-14(16,17)23-11-2-1-3-12(10-11)25(21,22)20-7-5-19(6-8-20)13-18-4-9-24-13/h1-4,9-10H,5-8H2. The number of rotatable bonds is 4. The van der Waals surface area contributed by atoms with E-state index in [1.165, 1.54) is 27.8 Å². The number of hydrogen-bond donors (Lipinski definition) is 0. The quantitative estimate of drug-likeness (QED) is 0.799. The van der Waals surface area contributed by atoms with Gasteiger partial charge in [0.05, 0.1) is 4.90 Å². The van der Waals surface area contributed by atoms with E-state index >= 15 is 0 Å². The second-order valence-electron chi connectivity index (χ2n) is 5.23. The molecule has 3 rings (SSSR count). The van der Waals surface area contributed by atoms with Crippen LogP contribution in [0.4, 0.5) is 18.3 Å². The largest absolute Gasteiger partial charge is 0.573 e. The van der Waals surface area contributed by atoms with Gasteiger partial charge in [-0.05, 0) is 12.1 Å². The van der Waals surface area contributed by atoms with Gasteiger partial charge >= 0.3 is 6.36 Å². The minimum atomic E-state index is -4.87. The van der Waals surface area contributed by atoms with E-state index in [1.807, 2.05) is 10.3 Å². The molecule has 136 valence electrons. The van der Waals surface area contributed by atoms with Crippen LogP contribution >= 0.6 is 11.3 Å². The van der Waals surface area contributed by atoms with Gasteiger partial charge in [0.2, 0.25) is 10.0 Å². The van der Waals surface area contributed by atoms with Crippen molar-refractivity contribution in [2.24, 2.45) is 0 Å². The van der Waals surface area contributed by atoms with Crippen LogP contribution in [0.1, 0.15) is 0 Å². The first kappa shape index (κ1) is 18.0. The van der Waals surface area contributed by atoms with Crippen molar-refractivity contribution < 1.29 is 26.3 Å². The summed E-state index contributed by atoms with van der Waals surface area (Å²) in [7, 11) is -3.89. The van der Waals surface area contributed by atoms with Crippen LogP contribution in [-0.2, 0) is 10.0 Å². The Labute approximate surface area is 146 Å². The molecule has 25 heavy (non-hydrogen) atoms. The van der Waals surface area contributed by atoms with E-state index in [2.05, 4.69) is 9.72 Å². The van der Waals surface area contributed by atoms with Crippen LogP contribution in [0.2, 0.25) is 0 Å². The summed E-state index contributed by atoms with van der Waals surface area (Å²) in [6.45, 7) is 1.38. The number of anilines is 1. The summed E-state index contributed by atoms with van der Waals surface area (Å²) >= 11 is 1.47. The van der Waals surface area contributed by atoms with E-state index in [1.54, 1.807) is 6.20 Å². The molecule has 1 aromatic heterocycles. The molecule has 0 atom stereocenters. The van der Waals surface area contributed by atoms with E-state index in [0.717, 1.165) is 17.3 Å². The highest BCUT2D eigenvalue weighted by Crippen LogP contribution is 2.27. The molecule has 6 nitrogen and oxygen atoms in total. The van der Waals surface area contributed by atoms with Crippen LogP contribution < -0.4 is 9.64 Å². The summed E-state index contributed by atoms with van der Waals surface area (Å²) in [6, 6.07) is 4.43. The zero-order valence-corrected chi connectivity index (χ0v) is 14.4. The number of sulfonamides is 1. The van der Waals surface area contributed by atoms with Gasteiger partial charge in [0.25, 0.3) is 0 Å². The summed E-state index contributed by atoms with van der Waals surface area (Å²) in [5.41, 5.74) is 0. The highest BCUT2D eigenvalue weighted by atomic mass is 32.2. The normalized spacial score (nSPS) is 16.8. The Balaban J connectivity index is 1.73. The van der Waals surface area contributed by atoms with E-state index in [-0.39, 0.29) is 18.0 Å². The molecule has 2 aromatic rings. The molecule has 0 N–H and O–H groups in total. The monoisotopic (exact) mass is 393 g/mol. The van der Waals surface area contributed by atoms with Crippen LogP contribution in [0.25, 0.3) is 0 Å². The Morgan fingerprint density at radius 1 is 1.16 bits per heavy atom. The van der Waals surface area contributed by atoms with Gasteiger partial charge in [-0.15, -0.1) is 24.5 Å². The molecule has 0 radical (unpaired) electrons. The van der Waals surface area contributed by atoms with Gasteiger partial charge in [-0.2, -0.15) is 4.31 Å². The molecule has 1 aliphatic rings. The first-order chi connectivity index (χ1) is 11.8. The van der Waals surface area contributed by atoms with Crippen LogP contribution in [0, 0.1) is 0 Å². The van der Waals surface area contributed by atoms with Crippen molar-refractivity contribution in [3.63, 3.8) is 0 Å². The van der Waals surface area contributed by atoms with E-state index in [0.29, 0.717) is 13.1 Å². The van der Waals surface area contributed by atoms with Gasteiger partial charge in [0.1, 0.15) is 5.75 Å². The molecular weight excluding hydrogens is 379 g/mol. The van der Waals surface area contributed by atoms with Crippen molar-refractivity contribution in [1.29, 1.82) is 0 Å². The lowest BCUT2D eigenvalue weighted by atomic mass is 10.3. The molecule has 0 spiro atoms. The predicted octanol–water partition coefficient (Wildman–Crippen LogP) is 2.55. The average Bonchev–Trinajstić information content (AvgIpc) is 3.08. The Morgan fingerprint density at radius 2 is 1.88 bits per heavy atom. The number of halogens is 3. The molecule has 0 unspecified atom stereocenters. The third-order valence-corrected chi connectivity index (χ3v) is 6.33. The SMILES string of the molecule is O=S(=O)(c1cccc(OC(F)(F)F)c1)N1CCN(c2nccs2)CC1. The maximum absolute atomic E-state index is 12.7. The summed E-state index contributed by atoms with van der Waals surface area (Å²) in [5, 5.41) is 2.66. The fourth-order valence-electron chi connectivity index (χ4n) is 2.47. The number of aromatic nitrogens is 1. The molecule has 0 saturated carbocycles. The number of hydrogen-bond acceptors (Lipinski definition) is 6. The minimum Gasteiger partial charge on any atom is -0.406 e. The summed E-state index contributed by atoms with van der Waals surface area (Å²) < 4.78 is 67.3. The van der Waals surface area contributed by atoms with Crippen LogP contribution in [-0.4, -0.2) is 50.2 Å². The fourth-order valence-corrected chi connectivity index (χ4v) is 4.63. The summed E-state index contributed by atoms with van der Waals surface area (Å²) in [6.07, 6.45) is -3.20. The van der Waals surface area contributed by atoms with Crippen LogP contribution in [0.15, 0.2) is 40.7 Å². The molecule has 0 aliphatic carbocycles. The second-order valence-corrected chi connectivity index (χ2v) is 8.04. The lowest BCUT2D eigenvalue weighted by molar-refractivity contribution is -0.274. The van der Waals surface area contributed by atoms with Crippen molar-refractivity contribution in [2.75, 3.05) is 31.1 Å². The van der Waals surface area contributed by atoms with Crippen LogP contribution in [0.5, 0.6) is 5.75 Å². The van der Waals surface area contributed by atoms with Gasteiger partial charge < -0.3 is 9.64 Å². The zero-order valence-electron chi connectivity index (χ0n) is 12.8. The van der Waals surface area contributed by atoms with Gasteiger partial charge in [0.15, 0.2) is 5.13 Å². The van der Waals surface area contributed by atoms with Crippen molar-refractivity contribution >= 4 is 26.5 Å². The number of thiazole rings is 1. The lowest BCUT2D eigenvalue weighted by Crippen LogP contribution is -2.48. The third-order valence-electron chi connectivity index (χ3n) is 3.61. The summed E-state index contributed by atoms with van der Waals surface area (Å²) in [5.74, 6) is -0.560. The van der Waals surface area contributed by atoms with Crippen molar-refractivity contribution in [1.82, 2.24) is 9.29 Å². The van der Waals surface area contributed by atoms with Crippen molar-refractivity contribution in [3.8, 4) is 5.75 Å². The van der Waals surface area contributed by atoms with Gasteiger partial charge in [0, 0.05) is 43.8 Å². The first-order valence-corrected chi connectivity index (χ1v) is 9.58. The van der Waals surface area contributed by atoms with Gasteiger partial charge in [-0.25, -0.2) is 13.4 Å². The number of ether oxygens (including phenoxy) is 1. The Kier molecular flexibility index (Phi) is 4.89. The van der Waals surface area contributed by atoms with Crippen LogP contribution in [0.3, 0.4) is 0 Å². The smallest absolute Gasteiger partial charge is 0.406 e. The molecule has 11 heteroatoms. The van der Waals surface area contributed by atoms with E-state index < -0.39 is 22.1 Å². The number of alkyl halides is 3. The second kappa shape index (κ2) is 6.81. The topological polar surface area (TPSA) is 62.7 Å². The van der Waals surface area contributed by atoms with Crippen molar-refractivity contribution in [3.05, 3.63) is 35.8 Å². The Hall–Kier alpha value is -1.85. The Bertz CT molecular complexity index is 817. The van der Waals surface area contributed by atoms with E-state index in [9.17, 15) is 21.6 Å². The summed E-state index contributed by atoms with van der Waals surface area (Å²) in [4.78, 5) is 5.93. The minimum absolute atomic E-state index is 0.225. The maximum atomic E-state index is 12.7. The van der Waals surface area contributed by atoms with Gasteiger partial charge in [-0.3, -0.25) is 0 Å². The number of benzene rings is 1. The van der Waals surface area contributed by atoms with E-state index in [4.69, 9.17) is 0 Å². The molecule has 0 amide bonds. The molecule has 2 heterocycles. The van der Waals surface area contributed by atoms with Gasteiger partial charge in [-0.1, -0.05) is 6.07 Å². The highest BCUT2D eigenvalue weighted by Gasteiger charge is 2.33. The average molecular weight is 393 g/mol. The molecule has 1 saturated heterocycles. The zero-order chi connectivity index (χ0) is 18.1. The molecule has 1 aliphatic heterocycles. The number of nitrogens with zero attached hydrogens (tertiary/aromatic N) is 3. The third kappa shape index (κ3) is 4.22. The Morgan fingerprint density at radius 3 is 2.48 bits per heavy atom.